The Morgan fingerprint density at radius 3 is 1.88 bits per heavy atom. The minimum Gasteiger partial charge on any atom is -0.452 e. The molecule has 0 aromatic heterocycles. The van der Waals surface area contributed by atoms with Crippen LogP contribution < -0.4 is 5.73 Å². The molecular weight excluding hydrogens is 680 g/mol. The molecule has 1 aliphatic rings. The molecule has 0 saturated heterocycles. The van der Waals surface area contributed by atoms with E-state index in [1.807, 2.05) is 13.8 Å². The highest BCUT2D eigenvalue weighted by atomic mass is 32.2. The van der Waals surface area contributed by atoms with Gasteiger partial charge in [-0.2, -0.15) is 4.31 Å². The summed E-state index contributed by atoms with van der Waals surface area (Å²) in [6.45, 7) is 3.47. The summed E-state index contributed by atoms with van der Waals surface area (Å²) in [4.78, 5) is 28.7. The predicted molar refractivity (Wildman–Crippen MR) is 189 cm³/mol. The monoisotopic (exact) mass is 729 g/mol. The maximum atomic E-state index is 14.3. The summed E-state index contributed by atoms with van der Waals surface area (Å²) in [7, 11) is -2.86. The second-order valence-electron chi connectivity index (χ2n) is 13.6. The molecule has 0 aliphatic heterocycles. The lowest BCUT2D eigenvalue weighted by Gasteiger charge is -2.34. The average Bonchev–Trinajstić information content (AvgIpc) is 3.97. The van der Waals surface area contributed by atoms with Crippen LogP contribution in [-0.4, -0.2) is 78.2 Å². The number of hydrogen-bond acceptors (Lipinski definition) is 8. The molecule has 1 saturated carbocycles. The van der Waals surface area contributed by atoms with Gasteiger partial charge in [0.2, 0.25) is 15.9 Å². The number of carbonyl (C=O) groups is 2. The first-order chi connectivity index (χ1) is 24.3. The molecule has 0 unspecified atom stereocenters. The number of aliphatic hydroxyl groups is 2. The Kier molecular flexibility index (Phi) is 14.2. The van der Waals surface area contributed by atoms with E-state index in [9.17, 15) is 37.0 Å². The fourth-order valence-corrected chi connectivity index (χ4v) is 8.13. The molecule has 0 radical (unpaired) electrons. The number of ether oxygens (including phenoxy) is 1. The number of amides is 2. The van der Waals surface area contributed by atoms with E-state index in [1.165, 1.54) is 72.1 Å². The second kappa shape index (κ2) is 18.1. The van der Waals surface area contributed by atoms with Crippen LogP contribution in [0.4, 0.5) is 13.6 Å². The van der Waals surface area contributed by atoms with Gasteiger partial charge in [0.05, 0.1) is 31.3 Å². The van der Waals surface area contributed by atoms with Gasteiger partial charge in [0.1, 0.15) is 11.6 Å². The Morgan fingerprint density at radius 2 is 1.43 bits per heavy atom. The van der Waals surface area contributed by atoms with Crippen molar-refractivity contribution in [3.8, 4) is 0 Å². The van der Waals surface area contributed by atoms with Gasteiger partial charge in [0.15, 0.2) is 0 Å². The average molecular weight is 730 g/mol. The zero-order chi connectivity index (χ0) is 37.3. The van der Waals surface area contributed by atoms with Crippen molar-refractivity contribution in [1.82, 2.24) is 9.21 Å². The number of hydrogen-bond donors (Lipinski definition) is 3. The van der Waals surface area contributed by atoms with E-state index in [0.717, 1.165) is 17.7 Å². The third kappa shape index (κ3) is 10.2. The van der Waals surface area contributed by atoms with E-state index in [1.54, 1.807) is 12.1 Å². The molecular formula is C38H49F2N3O7S. The number of sulfonamides is 1. The maximum Gasteiger partial charge on any atom is 0.416 e. The van der Waals surface area contributed by atoms with Crippen LogP contribution in [0.1, 0.15) is 75.0 Å². The quantitative estimate of drug-likeness (QED) is 0.154. The van der Waals surface area contributed by atoms with Crippen molar-refractivity contribution < 1.29 is 41.7 Å². The van der Waals surface area contributed by atoms with E-state index in [0.29, 0.717) is 36.0 Å². The first-order valence-corrected chi connectivity index (χ1v) is 18.8. The van der Waals surface area contributed by atoms with Gasteiger partial charge in [-0.05, 0) is 103 Å². The van der Waals surface area contributed by atoms with Gasteiger partial charge in [0.25, 0.3) is 0 Å². The minimum absolute atomic E-state index is 0.0336. The highest BCUT2D eigenvalue weighted by molar-refractivity contribution is 7.89. The second-order valence-corrected chi connectivity index (χ2v) is 15.4. The van der Waals surface area contributed by atoms with Gasteiger partial charge in [0, 0.05) is 24.5 Å². The van der Waals surface area contributed by atoms with Crippen molar-refractivity contribution >= 4 is 22.0 Å². The van der Waals surface area contributed by atoms with Gasteiger partial charge in [-0.25, -0.2) is 26.9 Å². The molecule has 3 aromatic rings. The van der Waals surface area contributed by atoms with Crippen LogP contribution in [0.15, 0.2) is 77.7 Å². The van der Waals surface area contributed by atoms with Crippen molar-refractivity contribution in [2.75, 3.05) is 20.3 Å². The third-order valence-electron chi connectivity index (χ3n) is 9.50. The van der Waals surface area contributed by atoms with Crippen molar-refractivity contribution in [2.24, 2.45) is 17.6 Å². The third-order valence-corrected chi connectivity index (χ3v) is 11.5. The van der Waals surface area contributed by atoms with Crippen molar-refractivity contribution in [3.05, 3.63) is 101 Å². The summed E-state index contributed by atoms with van der Waals surface area (Å²) >= 11 is 0. The van der Waals surface area contributed by atoms with E-state index < -0.39 is 64.3 Å². The SMILES string of the molecule is COC(=O)N(C(=O)[C@@H](N)C(c1ccc(F)cc1)c1ccc(F)cc1)[C@H](CCC[C@@H](CO)N(CCC(C)C)S(=O)(=O)c1ccc(CO)cc1)C1CC1. The van der Waals surface area contributed by atoms with Crippen molar-refractivity contribution in [1.29, 1.82) is 0 Å². The molecule has 278 valence electrons. The summed E-state index contributed by atoms with van der Waals surface area (Å²) in [5.41, 5.74) is 8.22. The molecule has 1 aliphatic carbocycles. The molecule has 0 heterocycles. The molecule has 0 bridgehead atoms. The van der Waals surface area contributed by atoms with Crippen molar-refractivity contribution in [3.63, 3.8) is 0 Å². The molecule has 4 rings (SSSR count). The minimum atomic E-state index is -4.02. The number of methoxy groups -OCH3 is 1. The molecule has 10 nitrogen and oxygen atoms in total. The fraction of sp³-hybridized carbons (Fsp3) is 0.474. The maximum absolute atomic E-state index is 14.3. The Hall–Kier alpha value is -3.75. The number of rotatable bonds is 18. The Bertz CT molecular complexity index is 1640. The lowest BCUT2D eigenvalue weighted by atomic mass is 9.84. The van der Waals surface area contributed by atoms with Crippen LogP contribution >= 0.6 is 0 Å². The summed E-state index contributed by atoms with van der Waals surface area (Å²) in [6, 6.07) is 14.1. The molecule has 51 heavy (non-hydrogen) atoms. The van der Waals surface area contributed by atoms with E-state index in [4.69, 9.17) is 10.5 Å². The lowest BCUT2D eigenvalue weighted by molar-refractivity contribution is -0.133. The predicted octanol–water partition coefficient (Wildman–Crippen LogP) is 5.56. The molecule has 3 atom stereocenters. The summed E-state index contributed by atoms with van der Waals surface area (Å²) in [6.07, 6.45) is 2.07. The van der Waals surface area contributed by atoms with Crippen LogP contribution in [0, 0.1) is 23.5 Å². The van der Waals surface area contributed by atoms with Gasteiger partial charge < -0.3 is 20.7 Å². The van der Waals surface area contributed by atoms with Crippen molar-refractivity contribution in [2.45, 2.75) is 87.9 Å². The molecule has 2 amide bonds. The number of aliphatic hydroxyl groups excluding tert-OH is 2. The lowest BCUT2D eigenvalue weighted by Crippen LogP contribution is -2.54. The van der Waals surface area contributed by atoms with Gasteiger partial charge >= 0.3 is 6.09 Å². The Labute approximate surface area is 299 Å². The highest BCUT2D eigenvalue weighted by Crippen LogP contribution is 2.39. The topological polar surface area (TPSA) is 150 Å². The number of imide groups is 1. The zero-order valence-electron chi connectivity index (χ0n) is 29.3. The Balaban J connectivity index is 1.59. The largest absolute Gasteiger partial charge is 0.452 e. The van der Waals surface area contributed by atoms with Gasteiger partial charge in [-0.1, -0.05) is 50.2 Å². The van der Waals surface area contributed by atoms with E-state index in [2.05, 4.69) is 0 Å². The van der Waals surface area contributed by atoms with Crippen LogP contribution in [0.3, 0.4) is 0 Å². The number of nitrogens with two attached hydrogens (primary N) is 1. The smallest absolute Gasteiger partial charge is 0.416 e. The van der Waals surface area contributed by atoms with Gasteiger partial charge in [-0.3, -0.25) is 4.79 Å². The summed E-state index contributed by atoms with van der Waals surface area (Å²) in [5, 5.41) is 19.9. The Morgan fingerprint density at radius 1 is 0.882 bits per heavy atom. The number of benzene rings is 3. The van der Waals surface area contributed by atoms with Crippen LogP contribution in [0.5, 0.6) is 0 Å². The molecule has 4 N–H and O–H groups in total. The normalized spacial score (nSPS) is 15.2. The molecule has 13 heteroatoms. The van der Waals surface area contributed by atoms with E-state index >= 15 is 0 Å². The first-order valence-electron chi connectivity index (χ1n) is 17.3. The number of carbonyl (C=O) groups excluding carboxylic acids is 2. The van der Waals surface area contributed by atoms with E-state index in [-0.39, 0.29) is 36.3 Å². The summed E-state index contributed by atoms with van der Waals surface area (Å²) in [5.74, 6) is -2.39. The van der Waals surface area contributed by atoms with Gasteiger partial charge in [-0.15, -0.1) is 0 Å². The highest BCUT2D eigenvalue weighted by Gasteiger charge is 2.44. The molecule has 0 spiro atoms. The van der Waals surface area contributed by atoms with Crippen LogP contribution in [-0.2, 0) is 26.2 Å². The molecule has 3 aromatic carbocycles. The zero-order valence-corrected chi connectivity index (χ0v) is 30.1. The number of halogens is 2. The fourth-order valence-electron chi connectivity index (χ4n) is 6.47. The van der Waals surface area contributed by atoms with Crippen LogP contribution in [0.2, 0.25) is 0 Å². The standard InChI is InChI=1S/C38H49F2N3O7S/c1-25(2)21-22-42(51(48,49)33-19-7-26(23-44)8-20-33)32(24-45)5-4-6-34(27-9-10-27)43(38(47)50-3)37(46)36(41)35(28-11-15-30(39)16-12-28)29-13-17-31(40)18-14-29/h7-8,11-20,25,27,32,34-36,44-45H,4-6,9-10,21-24,41H2,1-3H3/t32-,34+,36-/m0/s1. The molecule has 1 fully saturated rings. The summed E-state index contributed by atoms with van der Waals surface area (Å²) < 4.78 is 61.9. The number of nitrogens with zero attached hydrogens (tertiary/aromatic N) is 2. The first kappa shape index (κ1) is 40.0. The van der Waals surface area contributed by atoms with Crippen LogP contribution in [0.25, 0.3) is 0 Å².